The first-order valence-corrected chi connectivity index (χ1v) is 14.2. The lowest BCUT2D eigenvalue weighted by Gasteiger charge is -2.22. The highest BCUT2D eigenvalue weighted by Gasteiger charge is 2.42. The molecule has 1 aromatic carbocycles. The smallest absolute Gasteiger partial charge is 0.416 e. The zero-order chi connectivity index (χ0) is 23.7. The van der Waals surface area contributed by atoms with Crippen LogP contribution < -0.4 is 5.56 Å². The van der Waals surface area contributed by atoms with Crippen LogP contribution in [0.5, 0.6) is 0 Å². The zero-order valence-corrected chi connectivity index (χ0v) is 19.2. The van der Waals surface area contributed by atoms with E-state index in [1.54, 1.807) is 0 Å². The van der Waals surface area contributed by atoms with Gasteiger partial charge in [0, 0.05) is 14.0 Å². The molecule has 0 unspecified atom stereocenters. The number of hydrogen-bond donors (Lipinski definition) is 0. The Balaban J connectivity index is 1.84. The quantitative estimate of drug-likeness (QED) is 0.350. The normalized spacial score (nSPS) is 21.6. The molecule has 174 valence electrons. The molecule has 0 spiro atoms. The predicted octanol–water partition coefficient (Wildman–Crippen LogP) is 3.53. The van der Waals surface area contributed by atoms with Crippen molar-refractivity contribution in [2.45, 2.75) is 51.2 Å². The summed E-state index contributed by atoms with van der Waals surface area (Å²) in [5.74, 6) is -2.13. The van der Waals surface area contributed by atoms with Crippen LogP contribution in [0.3, 0.4) is 0 Å². The van der Waals surface area contributed by atoms with E-state index in [1.807, 2.05) is 0 Å². The maximum absolute atomic E-state index is 13.0. The van der Waals surface area contributed by atoms with E-state index in [0.717, 1.165) is 35.2 Å². The largest absolute Gasteiger partial charge is 0.466 e. The standard InChI is InChI=1S/C21H26F3N3O4Si/c1-32(2,3)9-8-31-20(30)18-13(4-5-14(18)12-28)11-27-19(29)16-10-15(21(22,23)24)6-7-17(16)25-26-27/h6-7,10,12-14,18H,4-5,8-9,11H2,1-3H3/t13-,14+,18-/m0/s1. The summed E-state index contributed by atoms with van der Waals surface area (Å²) in [6.45, 7) is 6.71. The van der Waals surface area contributed by atoms with Crippen molar-refractivity contribution in [2.24, 2.45) is 17.8 Å². The highest BCUT2D eigenvalue weighted by atomic mass is 28.3. The van der Waals surface area contributed by atoms with Crippen molar-refractivity contribution in [1.82, 2.24) is 15.0 Å². The number of fused-ring (bicyclic) bond motifs is 1. The van der Waals surface area contributed by atoms with Crippen LogP contribution in [0.15, 0.2) is 23.0 Å². The fourth-order valence-corrected chi connectivity index (χ4v) is 4.70. The average Bonchev–Trinajstić information content (AvgIpc) is 3.11. The molecule has 32 heavy (non-hydrogen) atoms. The summed E-state index contributed by atoms with van der Waals surface area (Å²) in [6, 6.07) is 3.50. The first kappa shape index (κ1) is 24.1. The Morgan fingerprint density at radius 3 is 2.62 bits per heavy atom. The second-order valence-corrected chi connectivity index (χ2v) is 15.1. The molecule has 11 heteroatoms. The number of ether oxygens (including phenoxy) is 1. The molecule has 0 radical (unpaired) electrons. The summed E-state index contributed by atoms with van der Waals surface area (Å²) in [5, 5.41) is 7.50. The fourth-order valence-electron chi connectivity index (χ4n) is 3.99. The molecule has 1 fully saturated rings. The Labute approximate surface area is 183 Å². The number of nitrogens with zero attached hydrogens (tertiary/aromatic N) is 3. The van der Waals surface area contributed by atoms with Gasteiger partial charge in [0.15, 0.2) is 0 Å². The third kappa shape index (κ3) is 5.43. The monoisotopic (exact) mass is 469 g/mol. The summed E-state index contributed by atoms with van der Waals surface area (Å²) >= 11 is 0. The molecule has 1 aromatic heterocycles. The molecule has 0 N–H and O–H groups in total. The molecular weight excluding hydrogens is 443 g/mol. The summed E-state index contributed by atoms with van der Waals surface area (Å²) in [4.78, 5) is 37.1. The molecule has 1 heterocycles. The number of carbonyl (C=O) groups excluding carboxylic acids is 2. The predicted molar refractivity (Wildman–Crippen MR) is 114 cm³/mol. The first-order valence-electron chi connectivity index (χ1n) is 10.5. The van der Waals surface area contributed by atoms with Gasteiger partial charge in [0.25, 0.3) is 5.56 Å². The number of carbonyl (C=O) groups is 2. The molecule has 0 aliphatic heterocycles. The molecule has 1 aliphatic rings. The number of alkyl halides is 3. The summed E-state index contributed by atoms with van der Waals surface area (Å²) < 4.78 is 45.6. The SMILES string of the molecule is C[Si](C)(C)CCOC(=O)[C@H]1[C@H](Cn2nnc3ccc(C(F)(F)F)cc3c2=O)CC[C@@H]1C=O. The van der Waals surface area contributed by atoms with Gasteiger partial charge in [-0.15, -0.1) is 5.10 Å². The van der Waals surface area contributed by atoms with E-state index in [9.17, 15) is 27.6 Å². The maximum atomic E-state index is 13.0. The van der Waals surface area contributed by atoms with E-state index in [2.05, 4.69) is 30.0 Å². The minimum Gasteiger partial charge on any atom is -0.466 e. The van der Waals surface area contributed by atoms with Crippen molar-refractivity contribution < 1.29 is 27.5 Å². The van der Waals surface area contributed by atoms with Crippen LogP contribution in [0.25, 0.3) is 10.9 Å². The van der Waals surface area contributed by atoms with Gasteiger partial charge in [0.2, 0.25) is 0 Å². The van der Waals surface area contributed by atoms with E-state index in [4.69, 9.17) is 4.74 Å². The highest BCUT2D eigenvalue weighted by Crippen LogP contribution is 2.38. The summed E-state index contributed by atoms with van der Waals surface area (Å²) in [5.41, 5.74) is -1.62. The van der Waals surface area contributed by atoms with Crippen molar-refractivity contribution in [3.63, 3.8) is 0 Å². The maximum Gasteiger partial charge on any atom is 0.416 e. The third-order valence-electron chi connectivity index (χ3n) is 5.84. The number of aldehydes is 1. The van der Waals surface area contributed by atoms with Crippen molar-refractivity contribution in [3.05, 3.63) is 34.1 Å². The van der Waals surface area contributed by atoms with Crippen molar-refractivity contribution in [1.29, 1.82) is 0 Å². The number of rotatable bonds is 7. The Kier molecular flexibility index (Phi) is 6.87. The van der Waals surface area contributed by atoms with Gasteiger partial charge in [-0.3, -0.25) is 9.59 Å². The molecule has 1 saturated carbocycles. The van der Waals surface area contributed by atoms with E-state index in [0.29, 0.717) is 12.8 Å². The summed E-state index contributed by atoms with van der Waals surface area (Å²) in [7, 11) is -1.41. The van der Waals surface area contributed by atoms with Crippen LogP contribution in [0.4, 0.5) is 13.2 Å². The molecule has 1 aliphatic carbocycles. The van der Waals surface area contributed by atoms with Gasteiger partial charge in [-0.05, 0) is 43.0 Å². The number of aromatic nitrogens is 3. The topological polar surface area (TPSA) is 91.2 Å². The first-order chi connectivity index (χ1) is 14.9. The van der Waals surface area contributed by atoms with Crippen LogP contribution in [0, 0.1) is 17.8 Å². The average molecular weight is 470 g/mol. The highest BCUT2D eigenvalue weighted by molar-refractivity contribution is 6.76. The van der Waals surface area contributed by atoms with Crippen LogP contribution >= 0.6 is 0 Å². The minimum absolute atomic E-state index is 0.0316. The van der Waals surface area contributed by atoms with Crippen molar-refractivity contribution in [3.8, 4) is 0 Å². The molecule has 7 nitrogen and oxygen atoms in total. The van der Waals surface area contributed by atoms with E-state index in [-0.39, 0.29) is 24.1 Å². The van der Waals surface area contributed by atoms with Crippen LogP contribution in [0.2, 0.25) is 25.7 Å². The van der Waals surface area contributed by atoms with Crippen molar-refractivity contribution in [2.75, 3.05) is 6.61 Å². The van der Waals surface area contributed by atoms with Crippen LogP contribution in [-0.2, 0) is 27.0 Å². The zero-order valence-electron chi connectivity index (χ0n) is 18.2. The van der Waals surface area contributed by atoms with Gasteiger partial charge < -0.3 is 9.53 Å². The van der Waals surface area contributed by atoms with Crippen molar-refractivity contribution >= 4 is 31.2 Å². The molecule has 0 bridgehead atoms. The van der Waals surface area contributed by atoms with E-state index in [1.165, 1.54) is 0 Å². The fraction of sp³-hybridized carbons (Fsp3) is 0.571. The van der Waals surface area contributed by atoms with Gasteiger partial charge in [0.1, 0.15) is 11.8 Å². The lowest BCUT2D eigenvalue weighted by Crippen LogP contribution is -2.34. The van der Waals surface area contributed by atoms with E-state index >= 15 is 0 Å². The van der Waals surface area contributed by atoms with Gasteiger partial charge in [-0.25, -0.2) is 4.68 Å². The van der Waals surface area contributed by atoms with Crippen LogP contribution in [-0.4, -0.2) is 41.9 Å². The summed E-state index contributed by atoms with van der Waals surface area (Å²) in [6.07, 6.45) is -2.90. The third-order valence-corrected chi connectivity index (χ3v) is 7.54. The number of halogens is 3. The molecule has 3 atom stereocenters. The molecule has 2 aromatic rings. The number of esters is 1. The second-order valence-electron chi connectivity index (χ2n) is 9.45. The van der Waals surface area contributed by atoms with Gasteiger partial charge >= 0.3 is 12.1 Å². The second kappa shape index (κ2) is 9.12. The Morgan fingerprint density at radius 2 is 2.00 bits per heavy atom. The lowest BCUT2D eigenvalue weighted by molar-refractivity contribution is -0.152. The van der Waals surface area contributed by atoms with Gasteiger partial charge in [-0.2, -0.15) is 13.2 Å². The van der Waals surface area contributed by atoms with Crippen LogP contribution in [0.1, 0.15) is 18.4 Å². The van der Waals surface area contributed by atoms with E-state index < -0.39 is 49.1 Å². The Bertz CT molecular complexity index is 1060. The minimum atomic E-state index is -4.60. The molecule has 3 rings (SSSR count). The molecular formula is C21H26F3N3O4Si. The Hall–Kier alpha value is -2.56. The Morgan fingerprint density at radius 1 is 1.28 bits per heavy atom. The molecule has 0 amide bonds. The number of benzene rings is 1. The lowest BCUT2D eigenvalue weighted by atomic mass is 9.90. The van der Waals surface area contributed by atoms with Gasteiger partial charge in [0.05, 0.1) is 30.0 Å². The number of hydrogen-bond acceptors (Lipinski definition) is 6. The molecule has 0 saturated heterocycles. The van der Waals surface area contributed by atoms with Gasteiger partial charge in [-0.1, -0.05) is 24.9 Å².